The third-order valence-electron chi connectivity index (χ3n) is 2.57. The van der Waals surface area contributed by atoms with Gasteiger partial charge in [-0.05, 0) is 24.3 Å². The van der Waals surface area contributed by atoms with Gasteiger partial charge in [-0.25, -0.2) is 0 Å². The minimum atomic E-state index is 0.649. The van der Waals surface area contributed by atoms with Crippen molar-refractivity contribution in [1.29, 1.82) is 0 Å². The largest absolute Gasteiger partial charge is 0.382 e. The Morgan fingerprint density at radius 1 is 1.54 bits per heavy atom. The Labute approximate surface area is 82.7 Å². The molecule has 0 unspecified atom stereocenters. The van der Waals surface area contributed by atoms with Crippen LogP contribution < -0.4 is 5.73 Å². The topological polar surface area (TPSA) is 43.8 Å². The average Bonchev–Trinajstić information content (AvgIpc) is 2.47. The summed E-state index contributed by atoms with van der Waals surface area (Å²) in [4.78, 5) is 0. The van der Waals surface area contributed by atoms with Crippen LogP contribution in [0.1, 0.15) is 24.5 Å². The Morgan fingerprint density at radius 3 is 2.77 bits per heavy atom. The Kier molecular flexibility index (Phi) is 2.49. The first-order valence-electron chi connectivity index (χ1n) is 4.64. The highest BCUT2D eigenvalue weighted by molar-refractivity contribution is 7.99. The predicted octanol–water partition coefficient (Wildman–Crippen LogP) is 1.61. The van der Waals surface area contributed by atoms with Gasteiger partial charge in [-0.15, -0.1) is 0 Å². The lowest BCUT2D eigenvalue weighted by Gasteiger charge is -2.21. The van der Waals surface area contributed by atoms with Gasteiger partial charge < -0.3 is 5.73 Å². The molecule has 72 valence electrons. The molecule has 0 bridgehead atoms. The third kappa shape index (κ3) is 1.82. The van der Waals surface area contributed by atoms with E-state index in [0.29, 0.717) is 11.7 Å². The van der Waals surface area contributed by atoms with Crippen molar-refractivity contribution in [1.82, 2.24) is 9.78 Å². The molecule has 1 aliphatic rings. The van der Waals surface area contributed by atoms with E-state index in [2.05, 4.69) is 5.10 Å². The first-order chi connectivity index (χ1) is 6.27. The van der Waals surface area contributed by atoms with E-state index in [4.69, 9.17) is 5.73 Å². The van der Waals surface area contributed by atoms with Gasteiger partial charge in [0.25, 0.3) is 0 Å². The number of nitrogen functional groups attached to an aromatic ring is 1. The lowest BCUT2D eigenvalue weighted by Crippen LogP contribution is -2.11. The SMILES string of the molecule is Cn1nc(N)cc1C1CCSCC1. The number of thioether (sulfide) groups is 1. The van der Waals surface area contributed by atoms with E-state index in [9.17, 15) is 0 Å². The Bertz CT molecular complexity index is 289. The molecule has 1 saturated heterocycles. The maximum absolute atomic E-state index is 5.65. The molecule has 3 nitrogen and oxygen atoms in total. The fourth-order valence-electron chi connectivity index (χ4n) is 1.88. The lowest BCUT2D eigenvalue weighted by atomic mass is 9.99. The molecule has 0 aliphatic carbocycles. The van der Waals surface area contributed by atoms with Crippen LogP contribution in [0.5, 0.6) is 0 Å². The normalized spacial score (nSPS) is 19.2. The summed E-state index contributed by atoms with van der Waals surface area (Å²) >= 11 is 2.05. The smallest absolute Gasteiger partial charge is 0.145 e. The van der Waals surface area contributed by atoms with Crippen LogP contribution in [0.25, 0.3) is 0 Å². The molecule has 1 aromatic rings. The molecule has 2 heterocycles. The number of hydrogen-bond donors (Lipinski definition) is 1. The molecule has 0 aromatic carbocycles. The quantitative estimate of drug-likeness (QED) is 0.744. The van der Waals surface area contributed by atoms with E-state index in [0.717, 1.165) is 0 Å². The van der Waals surface area contributed by atoms with E-state index in [1.807, 2.05) is 29.6 Å². The number of anilines is 1. The number of aryl methyl sites for hydroxylation is 1. The van der Waals surface area contributed by atoms with Gasteiger partial charge >= 0.3 is 0 Å². The molecule has 13 heavy (non-hydrogen) atoms. The van der Waals surface area contributed by atoms with Gasteiger partial charge in [0.1, 0.15) is 5.82 Å². The molecule has 2 rings (SSSR count). The van der Waals surface area contributed by atoms with Crippen LogP contribution in [-0.2, 0) is 7.05 Å². The van der Waals surface area contributed by atoms with Crippen LogP contribution in [0.4, 0.5) is 5.82 Å². The number of hydrogen-bond acceptors (Lipinski definition) is 3. The van der Waals surface area contributed by atoms with Crippen molar-refractivity contribution >= 4 is 17.6 Å². The van der Waals surface area contributed by atoms with Crippen LogP contribution in [0.2, 0.25) is 0 Å². The summed E-state index contributed by atoms with van der Waals surface area (Å²) < 4.78 is 1.93. The zero-order valence-corrected chi connectivity index (χ0v) is 8.68. The van der Waals surface area contributed by atoms with Crippen LogP contribution >= 0.6 is 11.8 Å². The maximum atomic E-state index is 5.65. The second-order valence-electron chi connectivity index (χ2n) is 3.50. The van der Waals surface area contributed by atoms with Crippen LogP contribution in [0.15, 0.2) is 6.07 Å². The Hall–Kier alpha value is -0.640. The van der Waals surface area contributed by atoms with Crippen molar-refractivity contribution in [2.45, 2.75) is 18.8 Å². The summed E-state index contributed by atoms with van der Waals surface area (Å²) in [7, 11) is 1.98. The number of rotatable bonds is 1. The van der Waals surface area contributed by atoms with Crippen molar-refractivity contribution in [3.63, 3.8) is 0 Å². The van der Waals surface area contributed by atoms with E-state index in [1.54, 1.807) is 0 Å². The van der Waals surface area contributed by atoms with E-state index in [1.165, 1.54) is 30.0 Å². The first-order valence-corrected chi connectivity index (χ1v) is 5.80. The van der Waals surface area contributed by atoms with Crippen molar-refractivity contribution in [2.75, 3.05) is 17.2 Å². The summed E-state index contributed by atoms with van der Waals surface area (Å²) in [5.74, 6) is 3.87. The van der Waals surface area contributed by atoms with E-state index >= 15 is 0 Å². The van der Waals surface area contributed by atoms with Crippen LogP contribution in [0.3, 0.4) is 0 Å². The van der Waals surface area contributed by atoms with Crippen LogP contribution in [-0.4, -0.2) is 21.3 Å². The van der Waals surface area contributed by atoms with Gasteiger partial charge in [0, 0.05) is 24.7 Å². The fourth-order valence-corrected chi connectivity index (χ4v) is 2.99. The van der Waals surface area contributed by atoms with E-state index < -0.39 is 0 Å². The minimum Gasteiger partial charge on any atom is -0.382 e. The molecule has 0 saturated carbocycles. The monoisotopic (exact) mass is 197 g/mol. The van der Waals surface area contributed by atoms with Crippen molar-refractivity contribution in [3.05, 3.63) is 11.8 Å². The zero-order valence-electron chi connectivity index (χ0n) is 7.86. The molecule has 0 amide bonds. The second-order valence-corrected chi connectivity index (χ2v) is 4.73. The number of aromatic nitrogens is 2. The molecule has 0 atom stereocenters. The summed E-state index contributed by atoms with van der Waals surface area (Å²) in [6.07, 6.45) is 2.54. The summed E-state index contributed by atoms with van der Waals surface area (Å²) in [5, 5.41) is 4.17. The Morgan fingerprint density at radius 2 is 2.23 bits per heavy atom. The maximum Gasteiger partial charge on any atom is 0.145 e. The predicted molar refractivity (Wildman–Crippen MR) is 56.9 cm³/mol. The number of nitrogens with two attached hydrogens (primary N) is 1. The van der Waals surface area contributed by atoms with Crippen LogP contribution in [0, 0.1) is 0 Å². The standard InChI is InChI=1S/C9H15N3S/c1-12-8(6-9(10)11-12)7-2-4-13-5-3-7/h6-7H,2-5H2,1H3,(H2,10,11). The average molecular weight is 197 g/mol. The molecular formula is C9H15N3S. The molecule has 1 aromatic heterocycles. The zero-order chi connectivity index (χ0) is 9.26. The molecule has 0 spiro atoms. The second kappa shape index (κ2) is 3.62. The summed E-state index contributed by atoms with van der Waals surface area (Å²) in [6, 6.07) is 2.01. The molecular weight excluding hydrogens is 182 g/mol. The summed E-state index contributed by atoms with van der Waals surface area (Å²) in [5.41, 5.74) is 6.95. The number of nitrogens with zero attached hydrogens (tertiary/aromatic N) is 2. The molecule has 4 heteroatoms. The van der Waals surface area contributed by atoms with Crippen molar-refractivity contribution in [2.24, 2.45) is 7.05 Å². The minimum absolute atomic E-state index is 0.649. The van der Waals surface area contributed by atoms with Gasteiger partial charge in [-0.1, -0.05) is 0 Å². The van der Waals surface area contributed by atoms with Gasteiger partial charge in [0.05, 0.1) is 0 Å². The lowest BCUT2D eigenvalue weighted by molar-refractivity contribution is 0.571. The fraction of sp³-hybridized carbons (Fsp3) is 0.667. The third-order valence-corrected chi connectivity index (χ3v) is 3.62. The summed E-state index contributed by atoms with van der Waals surface area (Å²) in [6.45, 7) is 0. The van der Waals surface area contributed by atoms with Gasteiger partial charge in [-0.3, -0.25) is 4.68 Å². The van der Waals surface area contributed by atoms with Gasteiger partial charge in [0.15, 0.2) is 0 Å². The molecule has 1 aliphatic heterocycles. The highest BCUT2D eigenvalue weighted by Crippen LogP contribution is 2.31. The Balaban J connectivity index is 2.18. The van der Waals surface area contributed by atoms with Gasteiger partial charge in [0.2, 0.25) is 0 Å². The molecule has 1 fully saturated rings. The first kappa shape index (κ1) is 8.94. The highest BCUT2D eigenvalue weighted by atomic mass is 32.2. The van der Waals surface area contributed by atoms with Crippen molar-refractivity contribution in [3.8, 4) is 0 Å². The molecule has 0 radical (unpaired) electrons. The highest BCUT2D eigenvalue weighted by Gasteiger charge is 2.19. The van der Waals surface area contributed by atoms with Gasteiger partial charge in [-0.2, -0.15) is 16.9 Å². The van der Waals surface area contributed by atoms with E-state index in [-0.39, 0.29) is 0 Å². The molecule has 2 N–H and O–H groups in total. The van der Waals surface area contributed by atoms with Crippen molar-refractivity contribution < 1.29 is 0 Å².